The zero-order valence-corrected chi connectivity index (χ0v) is 12.3. The number of ketones is 1. The Morgan fingerprint density at radius 1 is 1.38 bits per heavy atom. The number of Topliss-reactive ketones (excluding diaryl/α,β-unsaturated/α-hetero) is 1. The zero-order valence-electron chi connectivity index (χ0n) is 12.3. The van der Waals surface area contributed by atoms with E-state index in [0.717, 1.165) is 0 Å². The van der Waals surface area contributed by atoms with Crippen LogP contribution in [0, 0.1) is 17.3 Å². The van der Waals surface area contributed by atoms with Gasteiger partial charge in [0, 0.05) is 23.3 Å². The first-order chi connectivity index (χ1) is 9.74. The zero-order chi connectivity index (χ0) is 15.9. The van der Waals surface area contributed by atoms with E-state index in [1.54, 1.807) is 6.92 Å². The normalized spacial score (nSPS) is 43.1. The van der Waals surface area contributed by atoms with E-state index in [9.17, 15) is 24.9 Å². The molecule has 6 atom stereocenters. The maximum absolute atomic E-state index is 12.2. The van der Waals surface area contributed by atoms with Crippen LogP contribution in [0.3, 0.4) is 0 Å². The highest BCUT2D eigenvalue weighted by Gasteiger charge is 2.58. The summed E-state index contributed by atoms with van der Waals surface area (Å²) in [6.07, 6.45) is -2.44. The molecule has 0 spiro atoms. The van der Waals surface area contributed by atoms with Crippen LogP contribution in [0.4, 0.5) is 0 Å². The van der Waals surface area contributed by atoms with E-state index >= 15 is 0 Å². The SMILES string of the molecule is C=C(C(=O)OC)[C@@H]1[C@@H](O)[C@H]2C(=O)CC[C@H](O)[C@]2(C)C[C@H]1O. The first-order valence-corrected chi connectivity index (χ1v) is 7.08. The maximum Gasteiger partial charge on any atom is 0.333 e. The number of carbonyl (C=O) groups is 2. The minimum atomic E-state index is -1.26. The van der Waals surface area contributed by atoms with Gasteiger partial charge in [0.05, 0.1) is 31.3 Å². The number of esters is 1. The summed E-state index contributed by atoms with van der Waals surface area (Å²) in [5.74, 6) is -2.63. The smallest absolute Gasteiger partial charge is 0.333 e. The lowest BCUT2D eigenvalue weighted by Crippen LogP contribution is -2.61. The van der Waals surface area contributed by atoms with E-state index in [1.165, 1.54) is 7.11 Å². The van der Waals surface area contributed by atoms with Crippen molar-refractivity contribution in [2.45, 2.75) is 44.5 Å². The van der Waals surface area contributed by atoms with Gasteiger partial charge in [-0.05, 0) is 12.8 Å². The summed E-state index contributed by atoms with van der Waals surface area (Å²) < 4.78 is 4.58. The predicted molar refractivity (Wildman–Crippen MR) is 73.1 cm³/mol. The van der Waals surface area contributed by atoms with Crippen LogP contribution in [0.2, 0.25) is 0 Å². The molecule has 2 aliphatic rings. The molecular formula is C15H22O6. The van der Waals surface area contributed by atoms with E-state index in [1.807, 2.05) is 0 Å². The van der Waals surface area contributed by atoms with Gasteiger partial charge in [-0.3, -0.25) is 4.79 Å². The molecule has 21 heavy (non-hydrogen) atoms. The molecule has 2 aliphatic carbocycles. The molecule has 2 rings (SSSR count). The number of rotatable bonds is 2. The first kappa shape index (κ1) is 16.1. The molecule has 0 aromatic carbocycles. The van der Waals surface area contributed by atoms with Crippen LogP contribution in [0.15, 0.2) is 12.2 Å². The summed E-state index contributed by atoms with van der Waals surface area (Å²) in [4.78, 5) is 23.8. The molecule has 0 saturated heterocycles. The number of hydrogen-bond donors (Lipinski definition) is 3. The summed E-state index contributed by atoms with van der Waals surface area (Å²) in [7, 11) is 1.19. The minimum absolute atomic E-state index is 0.0487. The Bertz CT molecular complexity index is 473. The van der Waals surface area contributed by atoms with Crippen molar-refractivity contribution >= 4 is 11.8 Å². The summed E-state index contributed by atoms with van der Waals surface area (Å²) >= 11 is 0. The van der Waals surface area contributed by atoms with E-state index in [2.05, 4.69) is 11.3 Å². The van der Waals surface area contributed by atoms with Crippen molar-refractivity contribution in [1.82, 2.24) is 0 Å². The molecule has 0 aliphatic heterocycles. The summed E-state index contributed by atoms with van der Waals surface area (Å²) in [5.41, 5.74) is -0.937. The molecule has 2 saturated carbocycles. The second-order valence-electron chi connectivity index (χ2n) is 6.31. The highest BCUT2D eigenvalue weighted by Crippen LogP contribution is 2.51. The second-order valence-corrected chi connectivity index (χ2v) is 6.31. The first-order valence-electron chi connectivity index (χ1n) is 7.08. The van der Waals surface area contributed by atoms with Gasteiger partial charge in [-0.25, -0.2) is 4.79 Å². The van der Waals surface area contributed by atoms with Crippen molar-refractivity contribution in [2.24, 2.45) is 17.3 Å². The van der Waals surface area contributed by atoms with Crippen molar-refractivity contribution in [3.8, 4) is 0 Å². The Labute approximate surface area is 123 Å². The van der Waals surface area contributed by atoms with Crippen molar-refractivity contribution in [2.75, 3.05) is 7.11 Å². The Morgan fingerprint density at radius 3 is 2.57 bits per heavy atom. The lowest BCUT2D eigenvalue weighted by atomic mass is 9.54. The van der Waals surface area contributed by atoms with Crippen LogP contribution >= 0.6 is 0 Å². The molecule has 3 N–H and O–H groups in total. The van der Waals surface area contributed by atoms with Gasteiger partial charge in [-0.15, -0.1) is 0 Å². The Balaban J connectivity index is 2.36. The molecular weight excluding hydrogens is 276 g/mol. The van der Waals surface area contributed by atoms with Gasteiger partial charge in [0.2, 0.25) is 0 Å². The van der Waals surface area contributed by atoms with E-state index in [4.69, 9.17) is 0 Å². The van der Waals surface area contributed by atoms with Crippen LogP contribution in [0.25, 0.3) is 0 Å². The van der Waals surface area contributed by atoms with Gasteiger partial charge in [0.25, 0.3) is 0 Å². The van der Waals surface area contributed by atoms with Crippen molar-refractivity contribution in [3.05, 3.63) is 12.2 Å². The number of aliphatic hydroxyl groups is 3. The Kier molecular flexibility index (Phi) is 4.24. The van der Waals surface area contributed by atoms with Gasteiger partial charge >= 0.3 is 5.97 Å². The number of aliphatic hydroxyl groups excluding tert-OH is 3. The van der Waals surface area contributed by atoms with Crippen LogP contribution in [-0.2, 0) is 14.3 Å². The summed E-state index contributed by atoms with van der Waals surface area (Å²) in [6, 6.07) is 0. The highest BCUT2D eigenvalue weighted by atomic mass is 16.5. The van der Waals surface area contributed by atoms with E-state index in [0.29, 0.717) is 6.42 Å². The quantitative estimate of drug-likeness (QED) is 0.482. The van der Waals surface area contributed by atoms with E-state index < -0.39 is 41.5 Å². The molecule has 2 fully saturated rings. The Morgan fingerprint density at radius 2 is 2.00 bits per heavy atom. The van der Waals surface area contributed by atoms with Gasteiger partial charge < -0.3 is 20.1 Å². The molecule has 118 valence electrons. The van der Waals surface area contributed by atoms with Gasteiger partial charge in [-0.1, -0.05) is 13.5 Å². The highest BCUT2D eigenvalue weighted by molar-refractivity contribution is 5.89. The molecule has 0 amide bonds. The topological polar surface area (TPSA) is 104 Å². The summed E-state index contributed by atoms with van der Waals surface area (Å²) in [5, 5.41) is 31.1. The fraction of sp³-hybridized carbons (Fsp3) is 0.733. The molecule has 0 unspecified atom stereocenters. The maximum atomic E-state index is 12.2. The lowest BCUT2D eigenvalue weighted by Gasteiger charge is -2.53. The molecule has 0 radical (unpaired) electrons. The third-order valence-electron chi connectivity index (χ3n) is 5.11. The fourth-order valence-electron chi connectivity index (χ4n) is 3.90. The number of fused-ring (bicyclic) bond motifs is 1. The predicted octanol–water partition coefficient (Wildman–Crippen LogP) is -0.196. The van der Waals surface area contributed by atoms with Gasteiger partial charge in [0.1, 0.15) is 5.78 Å². The molecule has 0 aromatic heterocycles. The van der Waals surface area contributed by atoms with Gasteiger partial charge in [-0.2, -0.15) is 0 Å². The van der Waals surface area contributed by atoms with E-state index in [-0.39, 0.29) is 24.2 Å². The van der Waals surface area contributed by atoms with Crippen LogP contribution in [-0.4, -0.2) is 52.5 Å². The molecule has 6 nitrogen and oxygen atoms in total. The average Bonchev–Trinajstić information content (AvgIpc) is 2.41. The largest absolute Gasteiger partial charge is 0.466 e. The number of carbonyl (C=O) groups excluding carboxylic acids is 2. The average molecular weight is 298 g/mol. The van der Waals surface area contributed by atoms with Gasteiger partial charge in [0.15, 0.2) is 0 Å². The summed E-state index contributed by atoms with van der Waals surface area (Å²) in [6.45, 7) is 5.28. The van der Waals surface area contributed by atoms with Crippen LogP contribution in [0.5, 0.6) is 0 Å². The molecule has 0 bridgehead atoms. The van der Waals surface area contributed by atoms with Crippen LogP contribution < -0.4 is 0 Å². The van der Waals surface area contributed by atoms with Crippen molar-refractivity contribution in [1.29, 1.82) is 0 Å². The minimum Gasteiger partial charge on any atom is -0.466 e. The third-order valence-corrected chi connectivity index (χ3v) is 5.11. The standard InChI is InChI=1S/C15H22O6/c1-7(14(20)21-3)11-9(17)6-15(2)10(18)5-4-8(16)12(15)13(11)19/h9-13,17-19H,1,4-6H2,2-3H3/t9-,10+,11+,12-,13-,15+/m1/s1. The second kappa shape index (κ2) is 5.51. The van der Waals surface area contributed by atoms with Crippen molar-refractivity contribution in [3.63, 3.8) is 0 Å². The lowest BCUT2D eigenvalue weighted by molar-refractivity contribution is -0.178. The Hall–Kier alpha value is -1.24. The van der Waals surface area contributed by atoms with Crippen LogP contribution in [0.1, 0.15) is 26.2 Å². The molecule has 6 heteroatoms. The monoisotopic (exact) mass is 298 g/mol. The fourth-order valence-corrected chi connectivity index (χ4v) is 3.90. The number of hydrogen-bond acceptors (Lipinski definition) is 6. The molecule has 0 aromatic rings. The number of ether oxygens (including phenoxy) is 1. The van der Waals surface area contributed by atoms with Crippen molar-refractivity contribution < 1.29 is 29.6 Å². The third kappa shape index (κ3) is 2.41. The molecule has 0 heterocycles. The number of methoxy groups -OCH3 is 1.